The van der Waals surface area contributed by atoms with E-state index in [-0.39, 0.29) is 16.3 Å². The van der Waals surface area contributed by atoms with Gasteiger partial charge in [0.05, 0.1) is 4.90 Å². The second kappa shape index (κ2) is 7.16. The fourth-order valence-electron chi connectivity index (χ4n) is 1.69. The maximum absolute atomic E-state index is 12.0. The summed E-state index contributed by atoms with van der Waals surface area (Å²) < 4.78 is 32.9. The first-order chi connectivity index (χ1) is 11.2. The number of primary sulfonamides is 1. The predicted octanol–water partition coefficient (Wildman–Crippen LogP) is 1.87. The number of ether oxygens (including phenoxy) is 1. The van der Waals surface area contributed by atoms with Crippen LogP contribution in [0.5, 0.6) is 0 Å². The Kier molecular flexibility index (Phi) is 5.42. The third-order valence-electron chi connectivity index (χ3n) is 2.86. The van der Waals surface area contributed by atoms with Crippen LogP contribution >= 0.6 is 15.9 Å². The Morgan fingerprint density at radius 3 is 2.58 bits per heavy atom. The van der Waals surface area contributed by atoms with Crippen molar-refractivity contribution in [2.75, 3.05) is 5.32 Å². The first-order valence-corrected chi connectivity index (χ1v) is 8.91. The zero-order chi connectivity index (χ0) is 17.9. The normalized spacial score (nSPS) is 12.5. The fourth-order valence-corrected chi connectivity index (χ4v) is 2.56. The monoisotopic (exact) mass is 416 g/mol. The Morgan fingerprint density at radius 2 is 2.00 bits per heavy atom. The van der Waals surface area contributed by atoms with E-state index in [4.69, 9.17) is 14.3 Å². The molecule has 10 heteroatoms. The highest BCUT2D eigenvalue weighted by Gasteiger charge is 2.21. The molecule has 0 saturated heterocycles. The molecule has 0 aliphatic carbocycles. The SMILES string of the molecule is CC(OC(=O)c1ccc(Br)o1)C(=O)Nc1cccc(S(N)(=O)=O)c1. The highest BCUT2D eigenvalue weighted by molar-refractivity contribution is 9.10. The predicted molar refractivity (Wildman–Crippen MR) is 87.7 cm³/mol. The number of furan rings is 1. The molecule has 0 spiro atoms. The Hall–Kier alpha value is -2.17. The fraction of sp³-hybridized carbons (Fsp3) is 0.143. The number of hydrogen-bond donors (Lipinski definition) is 2. The van der Waals surface area contributed by atoms with Gasteiger partial charge in [-0.3, -0.25) is 4.79 Å². The molecule has 0 fully saturated rings. The maximum Gasteiger partial charge on any atom is 0.375 e. The van der Waals surface area contributed by atoms with Crippen LogP contribution in [0.2, 0.25) is 0 Å². The summed E-state index contributed by atoms with van der Waals surface area (Å²) in [5, 5.41) is 7.46. The number of sulfonamides is 1. The van der Waals surface area contributed by atoms with Crippen molar-refractivity contribution in [1.29, 1.82) is 0 Å². The first kappa shape index (κ1) is 18.2. The number of hydrogen-bond acceptors (Lipinski definition) is 6. The molecule has 0 aliphatic heterocycles. The van der Waals surface area contributed by atoms with Crippen molar-refractivity contribution in [1.82, 2.24) is 0 Å². The first-order valence-electron chi connectivity index (χ1n) is 6.57. The van der Waals surface area contributed by atoms with Crippen molar-refractivity contribution < 1.29 is 27.2 Å². The maximum atomic E-state index is 12.0. The smallest absolute Gasteiger partial charge is 0.375 e. The van der Waals surface area contributed by atoms with Gasteiger partial charge in [-0.05, 0) is 53.2 Å². The van der Waals surface area contributed by atoms with E-state index in [9.17, 15) is 18.0 Å². The van der Waals surface area contributed by atoms with Crippen LogP contribution in [-0.2, 0) is 19.6 Å². The third kappa shape index (κ3) is 4.66. The largest absolute Gasteiger partial charge is 0.447 e. The number of rotatable bonds is 5. The van der Waals surface area contributed by atoms with Gasteiger partial charge in [-0.15, -0.1) is 0 Å². The highest BCUT2D eigenvalue weighted by Crippen LogP contribution is 2.17. The van der Waals surface area contributed by atoms with Crippen LogP contribution in [0, 0.1) is 0 Å². The minimum Gasteiger partial charge on any atom is -0.447 e. The van der Waals surface area contributed by atoms with E-state index in [1.165, 1.54) is 43.3 Å². The molecular formula is C14H13BrN2O6S. The van der Waals surface area contributed by atoms with Gasteiger partial charge < -0.3 is 14.5 Å². The van der Waals surface area contributed by atoms with Crippen LogP contribution < -0.4 is 10.5 Å². The molecule has 0 aliphatic rings. The zero-order valence-corrected chi connectivity index (χ0v) is 14.8. The number of benzene rings is 1. The van der Waals surface area contributed by atoms with Gasteiger partial charge in [0, 0.05) is 5.69 Å². The van der Waals surface area contributed by atoms with Gasteiger partial charge in [0.2, 0.25) is 15.8 Å². The quantitative estimate of drug-likeness (QED) is 0.715. The molecule has 0 saturated carbocycles. The van der Waals surface area contributed by atoms with Gasteiger partial charge in [0.15, 0.2) is 10.8 Å². The standard InChI is InChI=1S/C14H13BrN2O6S/c1-8(22-14(19)11-5-6-12(15)23-11)13(18)17-9-3-2-4-10(7-9)24(16,20)21/h2-8H,1H3,(H,17,18)(H2,16,20,21). The third-order valence-corrected chi connectivity index (χ3v) is 4.19. The van der Waals surface area contributed by atoms with Gasteiger partial charge >= 0.3 is 5.97 Å². The highest BCUT2D eigenvalue weighted by atomic mass is 79.9. The Morgan fingerprint density at radius 1 is 1.29 bits per heavy atom. The minimum atomic E-state index is -3.89. The number of esters is 1. The zero-order valence-electron chi connectivity index (χ0n) is 12.4. The van der Waals surface area contributed by atoms with Crippen molar-refractivity contribution in [3.05, 3.63) is 46.8 Å². The van der Waals surface area contributed by atoms with Crippen LogP contribution in [0.3, 0.4) is 0 Å². The van der Waals surface area contributed by atoms with Crippen molar-refractivity contribution in [3.63, 3.8) is 0 Å². The summed E-state index contributed by atoms with van der Waals surface area (Å²) in [5.74, 6) is -1.50. The van der Waals surface area contributed by atoms with E-state index < -0.39 is 28.0 Å². The molecule has 1 heterocycles. The van der Waals surface area contributed by atoms with Crippen LogP contribution in [0.1, 0.15) is 17.5 Å². The molecule has 0 radical (unpaired) electrons. The molecule has 8 nitrogen and oxygen atoms in total. The lowest BCUT2D eigenvalue weighted by Crippen LogP contribution is -2.30. The van der Waals surface area contributed by atoms with Gasteiger partial charge in [-0.1, -0.05) is 6.07 Å². The summed E-state index contributed by atoms with van der Waals surface area (Å²) in [6, 6.07) is 8.30. The second-order valence-electron chi connectivity index (χ2n) is 4.71. The number of nitrogens with one attached hydrogen (secondary N) is 1. The minimum absolute atomic E-state index is 0.0576. The van der Waals surface area contributed by atoms with E-state index >= 15 is 0 Å². The Labute approximate surface area is 146 Å². The van der Waals surface area contributed by atoms with Crippen molar-refractivity contribution in [2.45, 2.75) is 17.9 Å². The molecule has 2 rings (SSSR count). The second-order valence-corrected chi connectivity index (χ2v) is 7.06. The van der Waals surface area contributed by atoms with E-state index in [1.807, 2.05) is 0 Å². The van der Waals surface area contributed by atoms with E-state index in [1.54, 1.807) is 0 Å². The van der Waals surface area contributed by atoms with Gasteiger partial charge in [-0.2, -0.15) is 0 Å². The molecule has 3 N–H and O–H groups in total. The van der Waals surface area contributed by atoms with Crippen molar-refractivity contribution >= 4 is 43.5 Å². The average Bonchev–Trinajstić information content (AvgIpc) is 2.93. The Bertz CT molecular complexity index is 877. The molecule has 1 unspecified atom stereocenters. The number of anilines is 1. The van der Waals surface area contributed by atoms with E-state index in [0.29, 0.717) is 4.67 Å². The molecule has 1 aromatic carbocycles. The van der Waals surface area contributed by atoms with Gasteiger partial charge in [-0.25, -0.2) is 18.4 Å². The van der Waals surface area contributed by atoms with Gasteiger partial charge in [0.1, 0.15) is 0 Å². The summed E-state index contributed by atoms with van der Waals surface area (Å²) in [5.41, 5.74) is 0.204. The molecule has 128 valence electrons. The molecular weight excluding hydrogens is 404 g/mol. The van der Waals surface area contributed by atoms with Crippen LogP contribution in [0.25, 0.3) is 0 Å². The summed E-state index contributed by atoms with van der Waals surface area (Å²) in [6.07, 6.45) is -1.13. The number of halogens is 1. The Balaban J connectivity index is 2.03. The summed E-state index contributed by atoms with van der Waals surface area (Å²) in [6.45, 7) is 1.37. The molecule has 1 atom stereocenters. The molecule has 2 aromatic rings. The number of nitrogens with two attached hydrogens (primary N) is 1. The van der Waals surface area contributed by atoms with Crippen LogP contribution in [0.15, 0.2) is 50.4 Å². The summed E-state index contributed by atoms with van der Waals surface area (Å²) >= 11 is 3.05. The lowest BCUT2D eigenvalue weighted by atomic mass is 10.3. The number of carbonyl (C=O) groups is 2. The summed E-state index contributed by atoms with van der Waals surface area (Å²) in [4.78, 5) is 23.7. The molecule has 1 aromatic heterocycles. The van der Waals surface area contributed by atoms with Crippen molar-refractivity contribution in [2.24, 2.45) is 5.14 Å². The van der Waals surface area contributed by atoms with E-state index in [2.05, 4.69) is 21.2 Å². The molecule has 1 amide bonds. The lowest BCUT2D eigenvalue weighted by Gasteiger charge is -2.13. The van der Waals surface area contributed by atoms with Crippen molar-refractivity contribution in [3.8, 4) is 0 Å². The van der Waals surface area contributed by atoms with Crippen LogP contribution in [0.4, 0.5) is 5.69 Å². The number of amides is 1. The van der Waals surface area contributed by atoms with Crippen LogP contribution in [-0.4, -0.2) is 26.4 Å². The summed E-state index contributed by atoms with van der Waals surface area (Å²) in [7, 11) is -3.89. The van der Waals surface area contributed by atoms with E-state index in [0.717, 1.165) is 0 Å². The number of carbonyl (C=O) groups excluding carboxylic acids is 2. The average molecular weight is 417 g/mol. The molecule has 24 heavy (non-hydrogen) atoms. The molecule has 0 bridgehead atoms. The topological polar surface area (TPSA) is 129 Å². The lowest BCUT2D eigenvalue weighted by molar-refractivity contribution is -0.123. The van der Waals surface area contributed by atoms with Gasteiger partial charge in [0.25, 0.3) is 5.91 Å².